The number of aromatic nitrogens is 6. The summed E-state index contributed by atoms with van der Waals surface area (Å²) in [4.78, 5) is 10.8. The van der Waals surface area contributed by atoms with Crippen LogP contribution in [0.4, 0.5) is 13.6 Å². The zero-order valence-corrected chi connectivity index (χ0v) is 21.3. The van der Waals surface area contributed by atoms with Gasteiger partial charge in [-0.1, -0.05) is 22.0 Å². The van der Waals surface area contributed by atoms with Gasteiger partial charge in [-0.15, -0.1) is 10.2 Å². The monoisotopic (exact) mass is 569 g/mol. The Morgan fingerprint density at radius 2 is 1.97 bits per heavy atom. The van der Waals surface area contributed by atoms with Gasteiger partial charge in [0.2, 0.25) is 0 Å². The number of methoxy groups -OCH3 is 1. The molecule has 2 aromatic heterocycles. The fourth-order valence-corrected chi connectivity index (χ4v) is 5.25. The van der Waals surface area contributed by atoms with Gasteiger partial charge in [0, 0.05) is 30.8 Å². The van der Waals surface area contributed by atoms with Gasteiger partial charge in [0.25, 0.3) is 0 Å². The van der Waals surface area contributed by atoms with E-state index in [-0.39, 0.29) is 34.8 Å². The third-order valence-electron chi connectivity index (χ3n) is 7.17. The molecule has 1 saturated carbocycles. The van der Waals surface area contributed by atoms with Crippen LogP contribution in [-0.2, 0) is 16.0 Å². The third kappa shape index (κ3) is 5.32. The molecule has 2 aliphatic rings. The number of benzene rings is 1. The van der Waals surface area contributed by atoms with Crippen LogP contribution in [-0.4, -0.2) is 95.6 Å². The summed E-state index contributed by atoms with van der Waals surface area (Å²) in [7, 11) is 1.42. The predicted molar refractivity (Wildman–Crippen MR) is 129 cm³/mol. The first-order chi connectivity index (χ1) is 18.7. The average Bonchev–Trinajstić information content (AvgIpc) is 3.55. The van der Waals surface area contributed by atoms with Crippen LogP contribution in [0.5, 0.6) is 0 Å². The molecule has 2 fully saturated rings. The second kappa shape index (κ2) is 11.1. The van der Waals surface area contributed by atoms with E-state index in [4.69, 9.17) is 26.2 Å². The minimum absolute atomic E-state index is 0.00539. The molecule has 4 N–H and O–H groups in total. The Balaban J connectivity index is 1.35. The van der Waals surface area contributed by atoms with Crippen molar-refractivity contribution in [2.45, 2.75) is 61.8 Å². The summed E-state index contributed by atoms with van der Waals surface area (Å²) in [5.41, 5.74) is 0.545. The summed E-state index contributed by atoms with van der Waals surface area (Å²) >= 11 is 5.65. The topological polar surface area (TPSA) is 170 Å². The molecule has 210 valence electrons. The van der Waals surface area contributed by atoms with Gasteiger partial charge >= 0.3 is 6.09 Å². The molecule has 3 aromatic rings. The van der Waals surface area contributed by atoms with Gasteiger partial charge in [-0.05, 0) is 25.0 Å². The van der Waals surface area contributed by atoms with Crippen molar-refractivity contribution in [2.24, 2.45) is 0 Å². The number of nitrogens with one attached hydrogen (secondary N) is 1. The van der Waals surface area contributed by atoms with Crippen LogP contribution in [0.25, 0.3) is 11.3 Å². The molecule has 1 aromatic carbocycles. The number of carbonyl (C=O) groups is 1. The number of aliphatic hydroxyl groups is 2. The van der Waals surface area contributed by atoms with Crippen LogP contribution in [0.15, 0.2) is 24.5 Å². The van der Waals surface area contributed by atoms with E-state index in [0.29, 0.717) is 18.5 Å². The van der Waals surface area contributed by atoms with Crippen molar-refractivity contribution in [1.82, 2.24) is 35.3 Å². The first kappa shape index (κ1) is 27.3. The highest BCUT2D eigenvalue weighted by atomic mass is 35.5. The average molecular weight is 570 g/mol. The smallest absolute Gasteiger partial charge is 0.404 e. The highest BCUT2D eigenvalue weighted by Gasteiger charge is 2.47. The predicted octanol–water partition coefficient (Wildman–Crippen LogP) is 1.36. The van der Waals surface area contributed by atoms with Crippen LogP contribution in [0.2, 0.25) is 5.02 Å². The molecule has 1 saturated heterocycles. The van der Waals surface area contributed by atoms with Gasteiger partial charge in [0.15, 0.2) is 11.6 Å². The molecule has 13 nitrogen and oxygen atoms in total. The van der Waals surface area contributed by atoms with E-state index in [1.807, 2.05) is 0 Å². The summed E-state index contributed by atoms with van der Waals surface area (Å²) in [6, 6.07) is 1.43. The fourth-order valence-electron chi connectivity index (χ4n) is 5.11. The molecule has 0 unspecified atom stereocenters. The van der Waals surface area contributed by atoms with Crippen LogP contribution in [0.1, 0.15) is 30.5 Å². The van der Waals surface area contributed by atoms with Crippen molar-refractivity contribution < 1.29 is 38.4 Å². The lowest BCUT2D eigenvalue weighted by atomic mass is 9.78. The van der Waals surface area contributed by atoms with Crippen molar-refractivity contribution in [2.75, 3.05) is 13.7 Å². The maximum absolute atomic E-state index is 14.5. The van der Waals surface area contributed by atoms with E-state index in [1.165, 1.54) is 30.1 Å². The maximum atomic E-state index is 14.5. The van der Waals surface area contributed by atoms with E-state index >= 15 is 0 Å². The second-order valence-electron chi connectivity index (χ2n) is 9.56. The molecular formula is C23H26ClF2N7O6. The Morgan fingerprint density at radius 3 is 2.67 bits per heavy atom. The molecule has 39 heavy (non-hydrogen) atoms. The number of amides is 1. The van der Waals surface area contributed by atoms with Crippen LogP contribution >= 0.6 is 11.6 Å². The number of aliphatic hydroxyl groups excluding tert-OH is 2. The molecule has 1 aliphatic heterocycles. The lowest BCUT2D eigenvalue weighted by Gasteiger charge is -2.43. The van der Waals surface area contributed by atoms with Gasteiger partial charge < -0.3 is 30.1 Å². The Morgan fingerprint density at radius 1 is 1.21 bits per heavy atom. The van der Waals surface area contributed by atoms with Gasteiger partial charge in [-0.2, -0.15) is 0 Å². The molecule has 16 heteroatoms. The molecule has 0 spiro atoms. The highest BCUT2D eigenvalue weighted by molar-refractivity contribution is 6.30. The van der Waals surface area contributed by atoms with E-state index in [9.17, 15) is 23.8 Å². The number of ether oxygens (including phenoxy) is 2. The van der Waals surface area contributed by atoms with E-state index in [1.54, 1.807) is 10.9 Å². The quantitative estimate of drug-likeness (QED) is 0.290. The number of carboxylic acid groups (broad SMARTS) is 1. The first-order valence-corrected chi connectivity index (χ1v) is 12.5. The number of nitrogens with zero attached hydrogens (tertiary/aromatic N) is 6. The Hall–Kier alpha value is -3.24. The Labute approximate surface area is 225 Å². The lowest BCUT2D eigenvalue weighted by molar-refractivity contribution is -0.216. The van der Waals surface area contributed by atoms with Gasteiger partial charge in [-0.3, -0.25) is 0 Å². The first-order valence-electron chi connectivity index (χ1n) is 12.1. The number of hydrogen-bond donors (Lipinski definition) is 4. The molecule has 1 amide bonds. The van der Waals surface area contributed by atoms with Crippen LogP contribution < -0.4 is 5.32 Å². The zero-order valence-electron chi connectivity index (χ0n) is 20.6. The SMILES string of the molecule is CO[C@@H]1[C@@H](n2cc(-c3ccc(Cl)c(F)c3F)nn2)[C@@H](O)[C@@H](CO)O[C@@H]1Cn1cc(C2CC(NC(=O)O)C2)nn1. The normalized spacial score (nSPS) is 28.7. The van der Waals surface area contributed by atoms with E-state index < -0.39 is 54.8 Å². The standard InChI is InChI=1S/C23H26ClF2N7O6/c1-38-22-16(8-32-6-14(28-30-32)10-4-11(5-10)27-23(36)37)39-17(9-34)21(35)20(22)33-7-15(29-31-33)12-2-3-13(24)19(26)18(12)25/h2-3,6-7,10-11,16-17,20-22,27,34-35H,4-5,8-9H2,1H3,(H,36,37)/t10?,11?,16-,17-,20+,21+,22+/m1/s1. The summed E-state index contributed by atoms with van der Waals surface area (Å²) in [6.45, 7) is -0.362. The summed E-state index contributed by atoms with van der Waals surface area (Å²) in [6.07, 6.45) is -0.606. The molecular weight excluding hydrogens is 544 g/mol. The summed E-state index contributed by atoms with van der Waals surface area (Å²) in [5.74, 6) is -2.34. The van der Waals surface area contributed by atoms with Gasteiger partial charge in [-0.25, -0.2) is 22.9 Å². The van der Waals surface area contributed by atoms with Crippen molar-refractivity contribution in [3.05, 3.63) is 46.9 Å². The van der Waals surface area contributed by atoms with Crippen molar-refractivity contribution in [1.29, 1.82) is 0 Å². The lowest BCUT2D eigenvalue weighted by Crippen LogP contribution is -2.57. The summed E-state index contributed by atoms with van der Waals surface area (Å²) in [5, 5.41) is 48.1. The molecule has 5 atom stereocenters. The van der Waals surface area contributed by atoms with E-state index in [0.717, 1.165) is 0 Å². The minimum Gasteiger partial charge on any atom is -0.465 e. The number of hydrogen-bond acceptors (Lipinski definition) is 9. The number of rotatable bonds is 8. The van der Waals surface area contributed by atoms with Crippen LogP contribution in [0, 0.1) is 11.6 Å². The van der Waals surface area contributed by atoms with Crippen molar-refractivity contribution in [3.63, 3.8) is 0 Å². The molecule has 1 aliphatic carbocycles. The fraction of sp³-hybridized carbons (Fsp3) is 0.522. The van der Waals surface area contributed by atoms with Crippen LogP contribution in [0.3, 0.4) is 0 Å². The maximum Gasteiger partial charge on any atom is 0.404 e. The van der Waals surface area contributed by atoms with Crippen molar-refractivity contribution in [3.8, 4) is 11.3 Å². The largest absolute Gasteiger partial charge is 0.465 e. The van der Waals surface area contributed by atoms with Crippen molar-refractivity contribution >= 4 is 17.7 Å². The number of halogens is 3. The van der Waals surface area contributed by atoms with Gasteiger partial charge in [0.1, 0.15) is 36.2 Å². The van der Waals surface area contributed by atoms with Gasteiger partial charge in [0.05, 0.1) is 30.1 Å². The highest BCUT2D eigenvalue weighted by Crippen LogP contribution is 2.37. The zero-order chi connectivity index (χ0) is 27.8. The molecule has 0 bridgehead atoms. The second-order valence-corrected chi connectivity index (χ2v) is 9.97. The Kier molecular flexibility index (Phi) is 7.77. The third-order valence-corrected chi connectivity index (χ3v) is 7.46. The Bertz CT molecular complexity index is 1340. The summed E-state index contributed by atoms with van der Waals surface area (Å²) < 4.78 is 43.0. The molecule has 0 radical (unpaired) electrons. The minimum atomic E-state index is -1.28. The molecule has 5 rings (SSSR count). The molecule has 3 heterocycles. The van der Waals surface area contributed by atoms with E-state index in [2.05, 4.69) is 25.9 Å².